The molecule has 2 N–H and O–H groups in total. The molecule has 3 heterocycles. The molecule has 2 aromatic heterocycles. The van der Waals surface area contributed by atoms with Crippen molar-refractivity contribution >= 4 is 53.8 Å². The lowest BCUT2D eigenvalue weighted by Crippen LogP contribution is -2.31. The standard InChI is InChI=1S/C25H23ClFN7O.ClH/c26-18-6-4-5-17(15-18)22-12-11-21(35-22)16-28-33-24-30-23(29-20-9-7-19(27)8-10-20)31-25(32-24)34-13-2-1-3-14-34;/h4-12,15-16H,1-3,13-14H2,(H2,29,30,31,32,33);1H/b28-16+;. The molecule has 0 spiro atoms. The van der Waals surface area contributed by atoms with Crippen LogP contribution in [0.2, 0.25) is 5.02 Å². The Hall–Kier alpha value is -3.69. The average Bonchev–Trinajstić information content (AvgIpc) is 3.35. The lowest BCUT2D eigenvalue weighted by molar-refractivity contribution is 0.568. The van der Waals surface area contributed by atoms with Gasteiger partial charge in [-0.1, -0.05) is 23.7 Å². The van der Waals surface area contributed by atoms with Crippen LogP contribution in [0.4, 0.5) is 27.9 Å². The van der Waals surface area contributed by atoms with Crippen LogP contribution in [0.25, 0.3) is 11.3 Å². The molecule has 0 bridgehead atoms. The second-order valence-electron chi connectivity index (χ2n) is 8.04. The summed E-state index contributed by atoms with van der Waals surface area (Å²) in [6, 6.07) is 17.1. The number of halogens is 3. The largest absolute Gasteiger partial charge is 0.455 e. The van der Waals surface area contributed by atoms with Crippen LogP contribution in [0.15, 0.2) is 70.2 Å². The van der Waals surface area contributed by atoms with Crippen molar-refractivity contribution in [2.24, 2.45) is 5.10 Å². The van der Waals surface area contributed by atoms with E-state index in [0.717, 1.165) is 31.5 Å². The SMILES string of the molecule is Cl.Fc1ccc(Nc2nc(N/N=C/c3ccc(-c4cccc(Cl)c4)o3)nc(N3CCCCC3)n2)cc1. The van der Waals surface area contributed by atoms with Gasteiger partial charge in [-0.05, 0) is 67.8 Å². The monoisotopic (exact) mass is 527 g/mol. The van der Waals surface area contributed by atoms with Crippen LogP contribution in [-0.2, 0) is 0 Å². The Morgan fingerprint density at radius 2 is 1.72 bits per heavy atom. The number of anilines is 4. The minimum atomic E-state index is -0.312. The maximum absolute atomic E-state index is 13.3. The number of hydrogen-bond donors (Lipinski definition) is 2. The van der Waals surface area contributed by atoms with Crippen molar-refractivity contribution < 1.29 is 8.81 Å². The molecule has 4 aromatic rings. The van der Waals surface area contributed by atoms with Crippen molar-refractivity contribution in [2.75, 3.05) is 28.7 Å². The number of nitrogens with one attached hydrogen (secondary N) is 2. The van der Waals surface area contributed by atoms with E-state index < -0.39 is 0 Å². The number of furan rings is 1. The molecule has 186 valence electrons. The third-order valence-corrected chi connectivity index (χ3v) is 5.69. The lowest BCUT2D eigenvalue weighted by Gasteiger charge is -2.26. The Bertz CT molecular complexity index is 1320. The van der Waals surface area contributed by atoms with Crippen molar-refractivity contribution in [3.05, 3.63) is 77.3 Å². The van der Waals surface area contributed by atoms with Crippen molar-refractivity contribution in [3.8, 4) is 11.3 Å². The molecule has 11 heteroatoms. The van der Waals surface area contributed by atoms with E-state index in [1.54, 1.807) is 18.3 Å². The summed E-state index contributed by atoms with van der Waals surface area (Å²) in [5.74, 6) is 2.11. The molecule has 0 amide bonds. The number of hydrazone groups is 1. The molecule has 2 aromatic carbocycles. The first-order chi connectivity index (χ1) is 17.1. The number of nitrogens with zero attached hydrogens (tertiary/aromatic N) is 5. The van der Waals surface area contributed by atoms with Gasteiger partial charge < -0.3 is 14.6 Å². The zero-order valence-electron chi connectivity index (χ0n) is 19.2. The summed E-state index contributed by atoms with van der Waals surface area (Å²) in [6.07, 6.45) is 4.91. The molecule has 1 saturated heterocycles. The van der Waals surface area contributed by atoms with Gasteiger partial charge >= 0.3 is 0 Å². The molecule has 1 aliphatic heterocycles. The summed E-state index contributed by atoms with van der Waals surface area (Å²) < 4.78 is 19.1. The van der Waals surface area contributed by atoms with Crippen LogP contribution < -0.4 is 15.6 Å². The van der Waals surface area contributed by atoms with E-state index in [1.807, 2.05) is 36.4 Å². The summed E-state index contributed by atoms with van der Waals surface area (Å²) in [7, 11) is 0. The van der Waals surface area contributed by atoms with Gasteiger partial charge in [0.15, 0.2) is 0 Å². The zero-order valence-corrected chi connectivity index (χ0v) is 20.8. The molecule has 1 fully saturated rings. The van der Waals surface area contributed by atoms with Crippen LogP contribution in [0.1, 0.15) is 25.0 Å². The van der Waals surface area contributed by atoms with E-state index in [9.17, 15) is 4.39 Å². The Balaban J connectivity index is 0.00000304. The first-order valence-electron chi connectivity index (χ1n) is 11.3. The van der Waals surface area contributed by atoms with Gasteiger partial charge in [0, 0.05) is 29.4 Å². The molecule has 0 saturated carbocycles. The predicted octanol–water partition coefficient (Wildman–Crippen LogP) is 6.53. The van der Waals surface area contributed by atoms with E-state index in [-0.39, 0.29) is 24.2 Å². The number of rotatable bonds is 7. The number of hydrogen-bond acceptors (Lipinski definition) is 8. The maximum atomic E-state index is 13.3. The molecule has 0 radical (unpaired) electrons. The first-order valence-corrected chi connectivity index (χ1v) is 11.7. The normalized spacial score (nSPS) is 13.4. The molecule has 0 unspecified atom stereocenters. The lowest BCUT2D eigenvalue weighted by atomic mass is 10.1. The Kier molecular flexibility index (Phi) is 8.35. The van der Waals surface area contributed by atoms with Crippen LogP contribution in [-0.4, -0.2) is 34.3 Å². The molecular formula is C25H24Cl2FN7O. The predicted molar refractivity (Wildman–Crippen MR) is 143 cm³/mol. The van der Waals surface area contributed by atoms with E-state index >= 15 is 0 Å². The summed E-state index contributed by atoms with van der Waals surface area (Å²) in [4.78, 5) is 15.6. The fraction of sp³-hybridized carbons (Fsp3) is 0.200. The first kappa shape index (κ1) is 25.4. The van der Waals surface area contributed by atoms with Crippen molar-refractivity contribution in [1.29, 1.82) is 0 Å². The van der Waals surface area contributed by atoms with Gasteiger partial charge in [-0.15, -0.1) is 12.4 Å². The van der Waals surface area contributed by atoms with Gasteiger partial charge in [0.1, 0.15) is 17.3 Å². The molecule has 0 aliphatic carbocycles. The second-order valence-corrected chi connectivity index (χ2v) is 8.48. The Labute approximate surface area is 219 Å². The molecule has 8 nitrogen and oxygen atoms in total. The minimum absolute atomic E-state index is 0. The maximum Gasteiger partial charge on any atom is 0.250 e. The number of benzene rings is 2. The van der Waals surface area contributed by atoms with E-state index in [0.29, 0.717) is 34.1 Å². The zero-order chi connectivity index (χ0) is 24.0. The quantitative estimate of drug-likeness (QED) is 0.208. The van der Waals surface area contributed by atoms with E-state index in [1.165, 1.54) is 18.6 Å². The molecule has 36 heavy (non-hydrogen) atoms. The van der Waals surface area contributed by atoms with Crippen LogP contribution >= 0.6 is 24.0 Å². The minimum Gasteiger partial charge on any atom is -0.455 e. The molecular weight excluding hydrogens is 504 g/mol. The smallest absolute Gasteiger partial charge is 0.250 e. The highest BCUT2D eigenvalue weighted by atomic mass is 35.5. The van der Waals surface area contributed by atoms with Crippen molar-refractivity contribution in [2.45, 2.75) is 19.3 Å². The van der Waals surface area contributed by atoms with Crippen molar-refractivity contribution in [3.63, 3.8) is 0 Å². The number of aromatic nitrogens is 3. The highest BCUT2D eigenvalue weighted by Crippen LogP contribution is 2.25. The highest BCUT2D eigenvalue weighted by molar-refractivity contribution is 6.30. The fourth-order valence-corrected chi connectivity index (χ4v) is 3.93. The van der Waals surface area contributed by atoms with Gasteiger partial charge in [0.2, 0.25) is 17.8 Å². The summed E-state index contributed by atoms with van der Waals surface area (Å²) in [5.41, 5.74) is 4.41. The Morgan fingerprint density at radius 3 is 2.50 bits per heavy atom. The summed E-state index contributed by atoms with van der Waals surface area (Å²) in [6.45, 7) is 1.75. The van der Waals surface area contributed by atoms with Gasteiger partial charge in [-0.25, -0.2) is 9.82 Å². The number of piperidine rings is 1. The van der Waals surface area contributed by atoms with Gasteiger partial charge in [-0.2, -0.15) is 20.1 Å². The molecule has 5 rings (SSSR count). The average molecular weight is 528 g/mol. The van der Waals surface area contributed by atoms with Gasteiger partial charge in [0.05, 0.1) is 6.21 Å². The van der Waals surface area contributed by atoms with Gasteiger partial charge in [-0.3, -0.25) is 0 Å². The summed E-state index contributed by atoms with van der Waals surface area (Å²) >= 11 is 6.07. The summed E-state index contributed by atoms with van der Waals surface area (Å²) in [5, 5.41) is 7.99. The van der Waals surface area contributed by atoms with Crippen LogP contribution in [0.3, 0.4) is 0 Å². The third kappa shape index (κ3) is 6.50. The fourth-order valence-electron chi connectivity index (χ4n) is 3.74. The molecule has 1 aliphatic rings. The highest BCUT2D eigenvalue weighted by Gasteiger charge is 2.16. The van der Waals surface area contributed by atoms with Gasteiger partial charge in [0.25, 0.3) is 0 Å². The van der Waals surface area contributed by atoms with E-state index in [2.05, 4.69) is 35.7 Å². The molecule has 0 atom stereocenters. The van der Waals surface area contributed by atoms with Crippen molar-refractivity contribution in [1.82, 2.24) is 15.0 Å². The van der Waals surface area contributed by atoms with Crippen LogP contribution in [0.5, 0.6) is 0 Å². The van der Waals surface area contributed by atoms with Crippen LogP contribution in [0, 0.1) is 5.82 Å². The third-order valence-electron chi connectivity index (χ3n) is 5.46. The second kappa shape index (κ2) is 11.8. The Morgan fingerprint density at radius 1 is 0.944 bits per heavy atom. The van der Waals surface area contributed by atoms with E-state index in [4.69, 9.17) is 16.0 Å². The topological polar surface area (TPSA) is 91.5 Å².